The van der Waals surface area contributed by atoms with E-state index in [-0.39, 0.29) is 6.61 Å². The van der Waals surface area contributed by atoms with Crippen LogP contribution in [0.3, 0.4) is 0 Å². The smallest absolute Gasteiger partial charge is 0.0720 e. The molecule has 0 aromatic carbocycles. The van der Waals surface area contributed by atoms with Gasteiger partial charge in [0.25, 0.3) is 0 Å². The molecule has 0 saturated heterocycles. The molecule has 0 aromatic heterocycles. The van der Waals surface area contributed by atoms with E-state index in [1.807, 2.05) is 0 Å². The Kier molecular flexibility index (Phi) is 3.48. The van der Waals surface area contributed by atoms with E-state index in [1.54, 1.807) is 19.9 Å². The van der Waals surface area contributed by atoms with Crippen molar-refractivity contribution in [2.24, 2.45) is 0 Å². The van der Waals surface area contributed by atoms with Gasteiger partial charge in [0.1, 0.15) is 0 Å². The van der Waals surface area contributed by atoms with Crippen molar-refractivity contribution in [3.63, 3.8) is 0 Å². The molecule has 0 aromatic rings. The summed E-state index contributed by atoms with van der Waals surface area (Å²) in [5.41, 5.74) is 0.813. The Labute approximate surface area is 49.5 Å². The number of hydrogen-bond acceptors (Lipinski definition) is 2. The molecule has 2 heteroatoms. The average Bonchev–Trinajstić information content (AvgIpc) is 1.67. The van der Waals surface area contributed by atoms with Crippen molar-refractivity contribution in [1.82, 2.24) is 0 Å². The van der Waals surface area contributed by atoms with Crippen molar-refractivity contribution in [2.45, 2.75) is 20.0 Å². The molecule has 0 aliphatic rings. The minimum Gasteiger partial charge on any atom is -0.392 e. The lowest BCUT2D eigenvalue weighted by molar-refractivity contribution is 0.229. The lowest BCUT2D eigenvalue weighted by atomic mass is 10.2. The zero-order valence-electron chi connectivity index (χ0n) is 5.26. The third-order valence-corrected chi connectivity index (χ3v) is 1.07. The molecule has 0 aliphatic carbocycles. The lowest BCUT2D eigenvalue weighted by Crippen LogP contribution is -2.01. The first-order chi connectivity index (χ1) is 3.68. The van der Waals surface area contributed by atoms with Crippen LogP contribution in [0.25, 0.3) is 0 Å². The van der Waals surface area contributed by atoms with E-state index in [4.69, 9.17) is 10.2 Å². The normalized spacial score (nSPS) is 16.2. The molecule has 0 unspecified atom stereocenters. The number of aliphatic hydroxyl groups excluding tert-OH is 2. The van der Waals surface area contributed by atoms with Gasteiger partial charge in [0.05, 0.1) is 12.7 Å². The van der Waals surface area contributed by atoms with Crippen molar-refractivity contribution in [2.75, 3.05) is 6.61 Å². The van der Waals surface area contributed by atoms with Crippen molar-refractivity contribution in [3.05, 3.63) is 11.6 Å². The molecule has 0 rings (SSSR count). The SMILES string of the molecule is C/C(=C\CO)[C@@H](C)O. The first kappa shape index (κ1) is 7.66. The summed E-state index contributed by atoms with van der Waals surface area (Å²) in [6, 6.07) is 0. The van der Waals surface area contributed by atoms with Gasteiger partial charge in [-0.2, -0.15) is 0 Å². The second kappa shape index (κ2) is 3.64. The highest BCUT2D eigenvalue weighted by atomic mass is 16.3. The van der Waals surface area contributed by atoms with Crippen LogP contribution >= 0.6 is 0 Å². The van der Waals surface area contributed by atoms with E-state index in [2.05, 4.69) is 0 Å². The second-order valence-corrected chi connectivity index (χ2v) is 1.81. The molecule has 0 spiro atoms. The Morgan fingerprint density at radius 1 is 1.75 bits per heavy atom. The fraction of sp³-hybridized carbons (Fsp3) is 0.667. The Bertz CT molecular complexity index is 84.5. The second-order valence-electron chi connectivity index (χ2n) is 1.81. The highest BCUT2D eigenvalue weighted by molar-refractivity contribution is 5.02. The zero-order chi connectivity index (χ0) is 6.57. The topological polar surface area (TPSA) is 40.5 Å². The summed E-state index contributed by atoms with van der Waals surface area (Å²) < 4.78 is 0. The highest BCUT2D eigenvalue weighted by Crippen LogP contribution is 1.97. The van der Waals surface area contributed by atoms with Gasteiger partial charge in [-0.25, -0.2) is 0 Å². The monoisotopic (exact) mass is 116 g/mol. The van der Waals surface area contributed by atoms with Gasteiger partial charge in [-0.05, 0) is 19.4 Å². The van der Waals surface area contributed by atoms with Crippen LogP contribution in [0.1, 0.15) is 13.8 Å². The number of hydrogen-bond donors (Lipinski definition) is 2. The van der Waals surface area contributed by atoms with Crippen LogP contribution in [0.2, 0.25) is 0 Å². The fourth-order valence-electron chi connectivity index (χ4n) is 0.315. The van der Waals surface area contributed by atoms with Crippen LogP contribution in [0.15, 0.2) is 11.6 Å². The maximum Gasteiger partial charge on any atom is 0.0720 e. The van der Waals surface area contributed by atoms with Crippen molar-refractivity contribution >= 4 is 0 Å². The van der Waals surface area contributed by atoms with Crippen LogP contribution in [-0.4, -0.2) is 22.9 Å². The Morgan fingerprint density at radius 3 is 2.38 bits per heavy atom. The molecule has 8 heavy (non-hydrogen) atoms. The highest BCUT2D eigenvalue weighted by Gasteiger charge is 1.94. The first-order valence-electron chi connectivity index (χ1n) is 2.64. The van der Waals surface area contributed by atoms with Gasteiger partial charge >= 0.3 is 0 Å². The summed E-state index contributed by atoms with van der Waals surface area (Å²) in [6.45, 7) is 3.46. The van der Waals surface area contributed by atoms with Gasteiger partial charge in [0.2, 0.25) is 0 Å². The summed E-state index contributed by atoms with van der Waals surface area (Å²) in [5.74, 6) is 0. The maximum absolute atomic E-state index is 8.77. The molecule has 0 heterocycles. The van der Waals surface area contributed by atoms with Crippen LogP contribution in [0.5, 0.6) is 0 Å². The van der Waals surface area contributed by atoms with E-state index in [1.165, 1.54) is 0 Å². The Morgan fingerprint density at radius 2 is 2.25 bits per heavy atom. The molecular formula is C6H12O2. The number of aliphatic hydroxyl groups is 2. The predicted octanol–water partition coefficient (Wildman–Crippen LogP) is 0.306. The Balaban J connectivity index is 3.61. The molecule has 2 N–H and O–H groups in total. The van der Waals surface area contributed by atoms with Crippen LogP contribution in [-0.2, 0) is 0 Å². The summed E-state index contributed by atoms with van der Waals surface area (Å²) in [4.78, 5) is 0. The molecule has 0 fully saturated rings. The fourth-order valence-corrected chi connectivity index (χ4v) is 0.315. The summed E-state index contributed by atoms with van der Waals surface area (Å²) >= 11 is 0. The van der Waals surface area contributed by atoms with E-state index in [9.17, 15) is 0 Å². The van der Waals surface area contributed by atoms with Gasteiger partial charge in [0.15, 0.2) is 0 Å². The molecule has 0 bridgehead atoms. The summed E-state index contributed by atoms with van der Waals surface area (Å²) in [5, 5.41) is 17.1. The maximum atomic E-state index is 8.77. The molecule has 0 aliphatic heterocycles. The molecular weight excluding hydrogens is 104 g/mol. The Hall–Kier alpha value is -0.340. The van der Waals surface area contributed by atoms with E-state index >= 15 is 0 Å². The van der Waals surface area contributed by atoms with Crippen molar-refractivity contribution < 1.29 is 10.2 Å². The third kappa shape index (κ3) is 2.77. The van der Waals surface area contributed by atoms with Gasteiger partial charge in [-0.15, -0.1) is 0 Å². The standard InChI is InChI=1S/C6H12O2/c1-5(3-4-7)6(2)8/h3,6-8H,4H2,1-2H3/b5-3+/t6-/m1/s1. The van der Waals surface area contributed by atoms with E-state index in [0.717, 1.165) is 5.57 Å². The molecule has 0 radical (unpaired) electrons. The largest absolute Gasteiger partial charge is 0.392 e. The minimum absolute atomic E-state index is 0.0106. The van der Waals surface area contributed by atoms with Crippen molar-refractivity contribution in [3.8, 4) is 0 Å². The predicted molar refractivity (Wildman–Crippen MR) is 32.5 cm³/mol. The lowest BCUT2D eigenvalue weighted by Gasteiger charge is -2.00. The molecule has 1 atom stereocenters. The first-order valence-corrected chi connectivity index (χ1v) is 2.64. The molecule has 0 amide bonds. The third-order valence-electron chi connectivity index (χ3n) is 1.07. The average molecular weight is 116 g/mol. The minimum atomic E-state index is -0.429. The molecule has 2 nitrogen and oxygen atoms in total. The van der Waals surface area contributed by atoms with Crippen LogP contribution < -0.4 is 0 Å². The molecule has 0 saturated carbocycles. The van der Waals surface area contributed by atoms with Gasteiger partial charge in [0, 0.05) is 0 Å². The summed E-state index contributed by atoms with van der Waals surface area (Å²) in [6.07, 6.45) is 1.16. The summed E-state index contributed by atoms with van der Waals surface area (Å²) in [7, 11) is 0. The van der Waals surface area contributed by atoms with Crippen LogP contribution in [0, 0.1) is 0 Å². The van der Waals surface area contributed by atoms with E-state index in [0.29, 0.717) is 0 Å². The van der Waals surface area contributed by atoms with Gasteiger partial charge in [-0.1, -0.05) is 6.08 Å². The van der Waals surface area contributed by atoms with Crippen molar-refractivity contribution in [1.29, 1.82) is 0 Å². The van der Waals surface area contributed by atoms with Gasteiger partial charge < -0.3 is 10.2 Å². The van der Waals surface area contributed by atoms with Gasteiger partial charge in [-0.3, -0.25) is 0 Å². The zero-order valence-corrected chi connectivity index (χ0v) is 5.26. The molecule has 48 valence electrons. The van der Waals surface area contributed by atoms with E-state index < -0.39 is 6.10 Å². The van der Waals surface area contributed by atoms with Crippen LogP contribution in [0.4, 0.5) is 0 Å². The quantitative estimate of drug-likeness (QED) is 0.509. The number of rotatable bonds is 2.